The fourth-order valence-electron chi connectivity index (χ4n) is 3.35. The van der Waals surface area contributed by atoms with Crippen LogP contribution in [-0.4, -0.2) is 21.9 Å². The van der Waals surface area contributed by atoms with Crippen molar-refractivity contribution < 1.29 is 9.84 Å². The molecule has 92 valence electrons. The lowest BCUT2D eigenvalue weighted by atomic mass is 9.73. The molecule has 2 heteroatoms. The Balaban J connectivity index is 2.33. The van der Waals surface area contributed by atoms with Crippen molar-refractivity contribution in [2.75, 3.05) is 0 Å². The Kier molecular flexibility index (Phi) is 2.71. The zero-order valence-electron chi connectivity index (χ0n) is 11.0. The predicted octanol–water partition coefficient (Wildman–Crippen LogP) is 3.20. The molecule has 2 rings (SSSR count). The minimum Gasteiger partial charge on any atom is -0.382 e. The largest absolute Gasteiger partial charge is 0.382 e. The zero-order chi connectivity index (χ0) is 12.0. The minimum atomic E-state index is -0.767. The molecule has 1 aliphatic heterocycles. The molecule has 0 aromatic heterocycles. The molecule has 0 bridgehead atoms. The molecule has 1 aliphatic carbocycles. The highest BCUT2D eigenvalue weighted by Gasteiger charge is 2.57. The van der Waals surface area contributed by atoms with Crippen LogP contribution in [0.5, 0.6) is 0 Å². The molecule has 0 spiro atoms. The van der Waals surface area contributed by atoms with Crippen LogP contribution in [0.25, 0.3) is 0 Å². The molecule has 1 saturated heterocycles. The molecule has 1 heterocycles. The third kappa shape index (κ3) is 1.82. The topological polar surface area (TPSA) is 29.5 Å². The van der Waals surface area contributed by atoms with Crippen LogP contribution in [0.1, 0.15) is 59.8 Å². The van der Waals surface area contributed by atoms with E-state index in [0.29, 0.717) is 6.42 Å². The Bertz CT molecular complexity index is 315. The van der Waals surface area contributed by atoms with Gasteiger partial charge in [-0.25, -0.2) is 0 Å². The Morgan fingerprint density at radius 1 is 1.19 bits per heavy atom. The van der Waals surface area contributed by atoms with Crippen LogP contribution in [0.2, 0.25) is 0 Å². The van der Waals surface area contributed by atoms with Crippen molar-refractivity contribution in [3.05, 3.63) is 11.6 Å². The summed E-state index contributed by atoms with van der Waals surface area (Å²) in [5.41, 5.74) is -0.262. The first-order chi connectivity index (χ1) is 7.27. The fraction of sp³-hybridized carbons (Fsp3) is 0.857. The average molecular weight is 224 g/mol. The van der Waals surface area contributed by atoms with Crippen LogP contribution < -0.4 is 0 Å². The molecular formula is C14H24O2. The lowest BCUT2D eigenvalue weighted by molar-refractivity contribution is -0.114. The molecule has 1 fully saturated rings. The highest BCUT2D eigenvalue weighted by Crippen LogP contribution is 2.50. The van der Waals surface area contributed by atoms with Gasteiger partial charge in [-0.2, -0.15) is 0 Å². The van der Waals surface area contributed by atoms with Gasteiger partial charge in [0.2, 0.25) is 0 Å². The number of allylic oxidation sites excluding steroid dienone is 1. The summed E-state index contributed by atoms with van der Waals surface area (Å²) in [5.74, 6) is 0. The molecule has 0 aromatic carbocycles. The van der Waals surface area contributed by atoms with Gasteiger partial charge >= 0.3 is 0 Å². The summed E-state index contributed by atoms with van der Waals surface area (Å²) in [6.45, 7) is 8.15. The Hall–Kier alpha value is -0.340. The van der Waals surface area contributed by atoms with Crippen LogP contribution >= 0.6 is 0 Å². The standard InChI is InChI=1S/C14H24O2/c1-12(2)10-14(15,13(3,4)16-12)11-8-6-5-7-9-11/h8,15H,5-7,9-10H2,1-4H3. The Morgan fingerprint density at radius 3 is 2.31 bits per heavy atom. The maximum Gasteiger partial charge on any atom is 0.117 e. The molecule has 0 aromatic rings. The highest BCUT2D eigenvalue weighted by molar-refractivity contribution is 5.27. The van der Waals surface area contributed by atoms with Crippen LogP contribution in [0.15, 0.2) is 11.6 Å². The van der Waals surface area contributed by atoms with Gasteiger partial charge in [-0.15, -0.1) is 0 Å². The van der Waals surface area contributed by atoms with E-state index in [4.69, 9.17) is 4.74 Å². The van der Waals surface area contributed by atoms with E-state index in [1.807, 2.05) is 13.8 Å². The monoisotopic (exact) mass is 224 g/mol. The van der Waals surface area contributed by atoms with Crippen LogP contribution in [0, 0.1) is 0 Å². The predicted molar refractivity (Wildman–Crippen MR) is 65.4 cm³/mol. The summed E-state index contributed by atoms with van der Waals surface area (Å²) in [7, 11) is 0. The second kappa shape index (κ2) is 3.58. The second-order valence-electron chi connectivity index (χ2n) is 6.38. The van der Waals surface area contributed by atoms with Crippen molar-refractivity contribution in [3.63, 3.8) is 0 Å². The molecule has 1 unspecified atom stereocenters. The lowest BCUT2D eigenvalue weighted by Gasteiger charge is -2.38. The minimum absolute atomic E-state index is 0.226. The van der Waals surface area contributed by atoms with E-state index in [9.17, 15) is 5.11 Å². The summed E-state index contributed by atoms with van der Waals surface area (Å²) in [4.78, 5) is 0. The molecule has 0 amide bonds. The Labute approximate surface area is 98.7 Å². The Morgan fingerprint density at radius 2 is 1.88 bits per heavy atom. The maximum absolute atomic E-state index is 11.0. The van der Waals surface area contributed by atoms with Gasteiger partial charge in [0.25, 0.3) is 0 Å². The number of hydrogen-bond donors (Lipinski definition) is 1. The quantitative estimate of drug-likeness (QED) is 0.693. The van der Waals surface area contributed by atoms with E-state index in [2.05, 4.69) is 19.9 Å². The first-order valence-corrected chi connectivity index (χ1v) is 6.39. The summed E-state index contributed by atoms with van der Waals surface area (Å²) in [5, 5.41) is 11.0. The van der Waals surface area contributed by atoms with Crippen LogP contribution in [0.4, 0.5) is 0 Å². The normalized spacial score (nSPS) is 37.2. The number of ether oxygens (including phenoxy) is 1. The molecule has 2 aliphatic rings. The SMILES string of the molecule is CC1(C)CC(O)(C2=CCCCC2)C(C)(C)O1. The number of hydrogen-bond acceptors (Lipinski definition) is 2. The van der Waals surface area contributed by atoms with Crippen molar-refractivity contribution in [1.82, 2.24) is 0 Å². The van der Waals surface area contributed by atoms with Gasteiger partial charge in [-0.1, -0.05) is 6.08 Å². The van der Waals surface area contributed by atoms with Gasteiger partial charge in [-0.3, -0.25) is 0 Å². The van der Waals surface area contributed by atoms with Gasteiger partial charge in [-0.05, 0) is 59.0 Å². The smallest absolute Gasteiger partial charge is 0.117 e. The maximum atomic E-state index is 11.0. The van der Waals surface area contributed by atoms with Gasteiger partial charge in [0.15, 0.2) is 0 Å². The van der Waals surface area contributed by atoms with Gasteiger partial charge in [0.1, 0.15) is 5.60 Å². The molecule has 0 saturated carbocycles. The summed E-state index contributed by atoms with van der Waals surface area (Å²) in [6, 6.07) is 0. The van der Waals surface area contributed by atoms with Crippen molar-refractivity contribution in [3.8, 4) is 0 Å². The lowest BCUT2D eigenvalue weighted by Crippen LogP contribution is -2.48. The molecule has 1 atom stereocenters. The van der Waals surface area contributed by atoms with E-state index in [1.54, 1.807) is 0 Å². The molecule has 16 heavy (non-hydrogen) atoms. The third-order valence-corrected chi connectivity index (χ3v) is 4.03. The summed E-state index contributed by atoms with van der Waals surface area (Å²) in [6.07, 6.45) is 7.53. The molecule has 2 nitrogen and oxygen atoms in total. The van der Waals surface area contributed by atoms with Gasteiger partial charge in [0.05, 0.1) is 11.2 Å². The highest BCUT2D eigenvalue weighted by atomic mass is 16.5. The van der Waals surface area contributed by atoms with E-state index >= 15 is 0 Å². The second-order valence-corrected chi connectivity index (χ2v) is 6.38. The van der Waals surface area contributed by atoms with E-state index in [1.165, 1.54) is 18.4 Å². The van der Waals surface area contributed by atoms with Crippen molar-refractivity contribution in [2.45, 2.75) is 76.6 Å². The first kappa shape index (κ1) is 12.1. The van der Waals surface area contributed by atoms with Crippen molar-refractivity contribution in [1.29, 1.82) is 0 Å². The van der Waals surface area contributed by atoms with Gasteiger partial charge < -0.3 is 9.84 Å². The number of rotatable bonds is 1. The summed E-state index contributed by atoms with van der Waals surface area (Å²) >= 11 is 0. The van der Waals surface area contributed by atoms with E-state index < -0.39 is 11.2 Å². The molecule has 0 radical (unpaired) electrons. The van der Waals surface area contributed by atoms with E-state index in [-0.39, 0.29) is 5.60 Å². The zero-order valence-corrected chi connectivity index (χ0v) is 11.0. The van der Waals surface area contributed by atoms with E-state index in [0.717, 1.165) is 12.8 Å². The number of aliphatic hydroxyl groups is 1. The average Bonchev–Trinajstić information content (AvgIpc) is 2.33. The van der Waals surface area contributed by atoms with Crippen LogP contribution in [-0.2, 0) is 4.74 Å². The van der Waals surface area contributed by atoms with Crippen molar-refractivity contribution in [2.24, 2.45) is 0 Å². The molecular weight excluding hydrogens is 200 g/mol. The summed E-state index contributed by atoms with van der Waals surface area (Å²) < 4.78 is 6.01. The first-order valence-electron chi connectivity index (χ1n) is 6.39. The fourth-order valence-corrected chi connectivity index (χ4v) is 3.35. The van der Waals surface area contributed by atoms with Crippen LogP contribution in [0.3, 0.4) is 0 Å². The van der Waals surface area contributed by atoms with Crippen molar-refractivity contribution >= 4 is 0 Å². The van der Waals surface area contributed by atoms with Gasteiger partial charge in [0, 0.05) is 6.42 Å². The third-order valence-electron chi connectivity index (χ3n) is 4.03. The molecule has 1 N–H and O–H groups in total.